The first kappa shape index (κ1) is 24.2. The van der Waals surface area contributed by atoms with E-state index in [-0.39, 0.29) is 16.7 Å². The van der Waals surface area contributed by atoms with Gasteiger partial charge in [-0.25, -0.2) is 0 Å². The number of ketones is 1. The van der Waals surface area contributed by atoms with E-state index in [0.29, 0.717) is 29.2 Å². The van der Waals surface area contributed by atoms with Crippen LogP contribution in [0.3, 0.4) is 0 Å². The Morgan fingerprint density at radius 3 is 2.43 bits per heavy atom. The van der Waals surface area contributed by atoms with Crippen LogP contribution in [0.2, 0.25) is 0 Å². The molecule has 7 heteroatoms. The molecular formula is C28H26N2O4S. The Morgan fingerprint density at radius 1 is 1.14 bits per heavy atom. The molecule has 3 aromatic rings. The Bertz CT molecular complexity index is 1340. The van der Waals surface area contributed by atoms with Crippen molar-refractivity contribution in [1.82, 2.24) is 0 Å². The number of anilines is 1. The van der Waals surface area contributed by atoms with Crippen molar-refractivity contribution in [1.29, 1.82) is 5.26 Å². The number of ether oxygens (including phenoxy) is 1. The van der Waals surface area contributed by atoms with E-state index in [1.165, 1.54) is 16.2 Å². The molecule has 1 aliphatic rings. The average Bonchev–Trinajstić information content (AvgIpc) is 3.45. The van der Waals surface area contributed by atoms with E-state index in [1.54, 1.807) is 36.4 Å². The molecule has 0 aliphatic carbocycles. The number of hydrogen-bond acceptors (Lipinski definition) is 6. The van der Waals surface area contributed by atoms with Gasteiger partial charge in [0.25, 0.3) is 11.7 Å². The van der Waals surface area contributed by atoms with Gasteiger partial charge in [0.15, 0.2) is 0 Å². The maximum absolute atomic E-state index is 13.3. The Hall–Kier alpha value is -3.89. The lowest BCUT2D eigenvalue weighted by atomic mass is 9.84. The number of rotatable bonds is 5. The number of hydrogen-bond donors (Lipinski definition) is 1. The summed E-state index contributed by atoms with van der Waals surface area (Å²) in [6, 6.07) is 16.7. The Kier molecular flexibility index (Phi) is 6.51. The summed E-state index contributed by atoms with van der Waals surface area (Å²) >= 11 is 1.40. The highest BCUT2D eigenvalue weighted by atomic mass is 32.1. The van der Waals surface area contributed by atoms with Crippen LogP contribution < -0.4 is 9.64 Å². The molecule has 2 aromatic carbocycles. The number of carbonyl (C=O) groups excluding carboxylic acids is 2. The van der Waals surface area contributed by atoms with Crippen molar-refractivity contribution in [3.63, 3.8) is 0 Å². The van der Waals surface area contributed by atoms with E-state index in [4.69, 9.17) is 10.00 Å². The van der Waals surface area contributed by atoms with Crippen molar-refractivity contribution < 1.29 is 19.4 Å². The Morgan fingerprint density at radius 2 is 1.86 bits per heavy atom. The molecule has 1 saturated heterocycles. The van der Waals surface area contributed by atoms with Crippen LogP contribution in [0.15, 0.2) is 65.6 Å². The molecular weight excluding hydrogens is 460 g/mol. The molecule has 0 bridgehead atoms. The first-order chi connectivity index (χ1) is 16.7. The fourth-order valence-electron chi connectivity index (χ4n) is 4.21. The highest BCUT2D eigenvalue weighted by Crippen LogP contribution is 2.44. The number of nitriles is 1. The number of thiophene rings is 1. The number of benzene rings is 2. The minimum atomic E-state index is -0.785. The molecule has 1 aromatic heterocycles. The van der Waals surface area contributed by atoms with E-state index in [0.717, 1.165) is 10.4 Å². The summed E-state index contributed by atoms with van der Waals surface area (Å²) in [6.45, 7) is 8.55. The third kappa shape index (κ3) is 4.45. The van der Waals surface area contributed by atoms with Crippen LogP contribution in [-0.2, 0) is 15.0 Å². The summed E-state index contributed by atoms with van der Waals surface area (Å²) < 4.78 is 5.79. The van der Waals surface area contributed by atoms with Gasteiger partial charge in [0.2, 0.25) is 0 Å². The van der Waals surface area contributed by atoms with Gasteiger partial charge in [-0.15, -0.1) is 11.3 Å². The maximum atomic E-state index is 13.3. The molecule has 1 fully saturated rings. The number of aliphatic hydroxyl groups excluding tert-OH is 1. The highest BCUT2D eigenvalue weighted by Gasteiger charge is 2.47. The lowest BCUT2D eigenvalue weighted by molar-refractivity contribution is -0.132. The molecule has 35 heavy (non-hydrogen) atoms. The molecule has 0 saturated carbocycles. The lowest BCUT2D eigenvalue weighted by Crippen LogP contribution is -2.29. The molecule has 178 valence electrons. The minimum Gasteiger partial charge on any atom is -0.507 e. The van der Waals surface area contributed by atoms with Gasteiger partial charge in [0.05, 0.1) is 23.8 Å². The van der Waals surface area contributed by atoms with Crippen LogP contribution >= 0.6 is 11.3 Å². The average molecular weight is 487 g/mol. The number of Topliss-reactive ketones (excluding diaryl/α,β-unsaturated/α-hetero) is 1. The van der Waals surface area contributed by atoms with Crippen LogP contribution in [0.1, 0.15) is 55.3 Å². The number of carbonyl (C=O) groups is 2. The lowest BCUT2D eigenvalue weighted by Gasteiger charge is -2.25. The standard InChI is InChI=1S/C28H26N2O4S/c1-5-34-21-13-10-18(15-20(21)28(2,3)4)25(31)23-24(22-7-6-14-35-22)30(27(33)26(23)32)19-11-8-17(16-29)9-12-19/h6-15,24,31H,5H2,1-4H3/b25-23-. The quantitative estimate of drug-likeness (QED) is 0.274. The predicted octanol–water partition coefficient (Wildman–Crippen LogP) is 5.94. The first-order valence-corrected chi connectivity index (χ1v) is 12.2. The van der Waals surface area contributed by atoms with E-state index in [9.17, 15) is 14.7 Å². The van der Waals surface area contributed by atoms with Gasteiger partial charge < -0.3 is 9.84 Å². The van der Waals surface area contributed by atoms with E-state index in [2.05, 4.69) is 6.07 Å². The van der Waals surface area contributed by atoms with Gasteiger partial charge in [-0.1, -0.05) is 26.8 Å². The second-order valence-corrected chi connectivity index (χ2v) is 10.2. The second kappa shape index (κ2) is 9.40. The van der Waals surface area contributed by atoms with Gasteiger partial charge in [0.1, 0.15) is 17.6 Å². The van der Waals surface area contributed by atoms with Crippen LogP contribution in [-0.4, -0.2) is 23.4 Å². The fourth-order valence-corrected chi connectivity index (χ4v) is 5.04. The van der Waals surface area contributed by atoms with Crippen LogP contribution in [0.25, 0.3) is 5.76 Å². The molecule has 2 heterocycles. The molecule has 0 radical (unpaired) electrons. The van der Waals surface area contributed by atoms with Gasteiger partial charge >= 0.3 is 0 Å². The van der Waals surface area contributed by atoms with Crippen molar-refractivity contribution >= 4 is 34.5 Å². The van der Waals surface area contributed by atoms with Crippen molar-refractivity contribution in [3.05, 3.63) is 87.1 Å². The zero-order chi connectivity index (χ0) is 25.3. The number of aliphatic hydroxyl groups is 1. The van der Waals surface area contributed by atoms with Gasteiger partial charge in [0, 0.05) is 21.7 Å². The van der Waals surface area contributed by atoms with Crippen molar-refractivity contribution in [3.8, 4) is 11.8 Å². The minimum absolute atomic E-state index is 0.0332. The molecule has 1 unspecified atom stereocenters. The largest absolute Gasteiger partial charge is 0.507 e. The normalized spacial score (nSPS) is 17.5. The van der Waals surface area contributed by atoms with Crippen LogP contribution in [0.4, 0.5) is 5.69 Å². The van der Waals surface area contributed by atoms with Crippen LogP contribution in [0, 0.1) is 11.3 Å². The van der Waals surface area contributed by atoms with Crippen molar-refractivity contribution in [2.75, 3.05) is 11.5 Å². The second-order valence-electron chi connectivity index (χ2n) is 9.24. The maximum Gasteiger partial charge on any atom is 0.300 e. The molecule has 1 aliphatic heterocycles. The van der Waals surface area contributed by atoms with E-state index < -0.39 is 17.7 Å². The van der Waals surface area contributed by atoms with Crippen LogP contribution in [0.5, 0.6) is 5.75 Å². The van der Waals surface area contributed by atoms with Crippen molar-refractivity contribution in [2.45, 2.75) is 39.2 Å². The molecule has 6 nitrogen and oxygen atoms in total. The van der Waals surface area contributed by atoms with E-state index in [1.807, 2.05) is 51.3 Å². The Labute approximate surface area is 208 Å². The molecule has 0 spiro atoms. The predicted molar refractivity (Wildman–Crippen MR) is 137 cm³/mol. The smallest absolute Gasteiger partial charge is 0.300 e. The number of amides is 1. The Balaban J connectivity index is 1.90. The molecule has 1 atom stereocenters. The van der Waals surface area contributed by atoms with Gasteiger partial charge in [-0.05, 0) is 66.2 Å². The highest BCUT2D eigenvalue weighted by molar-refractivity contribution is 7.10. The third-order valence-electron chi connectivity index (χ3n) is 5.89. The summed E-state index contributed by atoms with van der Waals surface area (Å²) in [7, 11) is 0. The number of nitrogens with zero attached hydrogens (tertiary/aromatic N) is 2. The van der Waals surface area contributed by atoms with Gasteiger partial charge in [-0.2, -0.15) is 5.26 Å². The third-order valence-corrected chi connectivity index (χ3v) is 6.82. The first-order valence-electron chi connectivity index (χ1n) is 11.3. The zero-order valence-electron chi connectivity index (χ0n) is 20.0. The molecule has 1 amide bonds. The van der Waals surface area contributed by atoms with E-state index >= 15 is 0 Å². The SMILES string of the molecule is CCOc1ccc(/C(O)=C2/C(=O)C(=O)N(c3ccc(C#N)cc3)C2c2cccs2)cc1C(C)(C)C. The summed E-state index contributed by atoms with van der Waals surface area (Å²) in [5.74, 6) is -0.996. The fraction of sp³-hybridized carbons (Fsp3) is 0.250. The monoisotopic (exact) mass is 486 g/mol. The summed E-state index contributed by atoms with van der Waals surface area (Å²) in [5.41, 5.74) is 2.01. The molecule has 1 N–H and O–H groups in total. The zero-order valence-corrected chi connectivity index (χ0v) is 20.8. The van der Waals surface area contributed by atoms with Gasteiger partial charge in [-0.3, -0.25) is 14.5 Å². The topological polar surface area (TPSA) is 90.6 Å². The summed E-state index contributed by atoms with van der Waals surface area (Å²) in [5, 5.41) is 22.4. The summed E-state index contributed by atoms with van der Waals surface area (Å²) in [6.07, 6.45) is 0. The summed E-state index contributed by atoms with van der Waals surface area (Å²) in [4.78, 5) is 28.7. The van der Waals surface area contributed by atoms with Crippen molar-refractivity contribution in [2.24, 2.45) is 0 Å². The molecule has 4 rings (SSSR count).